The molecule has 4 atom stereocenters. The minimum absolute atomic E-state index is 0.0461. The zero-order valence-corrected chi connectivity index (χ0v) is 16.6. The van der Waals surface area contributed by atoms with E-state index in [0.29, 0.717) is 18.4 Å². The summed E-state index contributed by atoms with van der Waals surface area (Å²) in [5.74, 6) is 0.589. The number of hydrogen-bond acceptors (Lipinski definition) is 4. The largest absolute Gasteiger partial charge is 0.453 e. The van der Waals surface area contributed by atoms with E-state index < -0.39 is 0 Å². The third kappa shape index (κ3) is 3.77. The summed E-state index contributed by atoms with van der Waals surface area (Å²) >= 11 is 0. The lowest BCUT2D eigenvalue weighted by Gasteiger charge is -2.33. The highest BCUT2D eigenvalue weighted by Crippen LogP contribution is 2.41. The lowest BCUT2D eigenvalue weighted by molar-refractivity contribution is -0.00902. The van der Waals surface area contributed by atoms with Gasteiger partial charge in [-0.25, -0.2) is 9.18 Å². The standard InChI is InChI=1S/C22H31FN2O3/c1-27-22(26)25-19-7-3-6-18(19)21(24)20(25)13-28-17-10-8-14(9-11-17)15-4-2-5-16(23)12-15/h2,4-5,12,14,17-21H,3,6-11,13,24H2,1H3/t14-,17+,18-,19+,20-,21-/m0/s1. The Morgan fingerprint density at radius 2 is 2.00 bits per heavy atom. The van der Waals surface area contributed by atoms with Gasteiger partial charge in [0.1, 0.15) is 5.82 Å². The highest BCUT2D eigenvalue weighted by atomic mass is 19.1. The maximum absolute atomic E-state index is 13.5. The number of carbonyl (C=O) groups excluding carboxylic acids is 1. The van der Waals surface area contributed by atoms with Crippen molar-refractivity contribution in [3.05, 3.63) is 35.6 Å². The highest BCUT2D eigenvalue weighted by molar-refractivity contribution is 5.69. The van der Waals surface area contributed by atoms with Crippen LogP contribution in [0.2, 0.25) is 0 Å². The molecule has 1 aliphatic heterocycles. The smallest absolute Gasteiger partial charge is 0.410 e. The quantitative estimate of drug-likeness (QED) is 0.849. The molecule has 28 heavy (non-hydrogen) atoms. The van der Waals surface area contributed by atoms with Crippen LogP contribution in [0.25, 0.3) is 0 Å². The van der Waals surface area contributed by atoms with Gasteiger partial charge in [-0.1, -0.05) is 18.6 Å². The van der Waals surface area contributed by atoms with E-state index in [1.54, 1.807) is 12.1 Å². The molecular formula is C22H31FN2O3. The number of benzene rings is 1. The molecule has 2 saturated carbocycles. The number of halogens is 1. The molecule has 0 bridgehead atoms. The van der Waals surface area contributed by atoms with Crippen molar-refractivity contribution in [2.75, 3.05) is 13.7 Å². The van der Waals surface area contributed by atoms with Crippen molar-refractivity contribution < 1.29 is 18.7 Å². The molecule has 1 saturated heterocycles. The van der Waals surface area contributed by atoms with E-state index >= 15 is 0 Å². The van der Waals surface area contributed by atoms with Crippen LogP contribution in [0, 0.1) is 11.7 Å². The van der Waals surface area contributed by atoms with E-state index in [2.05, 4.69) is 0 Å². The molecule has 3 fully saturated rings. The summed E-state index contributed by atoms with van der Waals surface area (Å²) in [6.45, 7) is 0.471. The number of carbonyl (C=O) groups is 1. The number of nitrogens with zero attached hydrogens (tertiary/aromatic N) is 1. The third-order valence-electron chi connectivity index (χ3n) is 7.07. The van der Waals surface area contributed by atoms with E-state index in [0.717, 1.165) is 50.5 Å². The molecule has 2 N–H and O–H groups in total. The van der Waals surface area contributed by atoms with Gasteiger partial charge in [0.05, 0.1) is 25.9 Å². The fraction of sp³-hybridized carbons (Fsp3) is 0.682. The minimum atomic E-state index is -0.284. The van der Waals surface area contributed by atoms with Crippen molar-refractivity contribution in [3.8, 4) is 0 Å². The Morgan fingerprint density at radius 3 is 2.71 bits per heavy atom. The Morgan fingerprint density at radius 1 is 1.21 bits per heavy atom. The number of fused-ring (bicyclic) bond motifs is 1. The van der Waals surface area contributed by atoms with Crippen molar-refractivity contribution >= 4 is 6.09 Å². The highest BCUT2D eigenvalue weighted by Gasteiger charge is 2.51. The molecule has 0 aromatic heterocycles. The molecule has 1 aromatic rings. The van der Waals surface area contributed by atoms with Gasteiger partial charge in [0, 0.05) is 12.1 Å². The summed E-state index contributed by atoms with van der Waals surface area (Å²) in [7, 11) is 1.43. The summed E-state index contributed by atoms with van der Waals surface area (Å²) in [4.78, 5) is 14.2. The Hall–Kier alpha value is -1.66. The summed E-state index contributed by atoms with van der Waals surface area (Å²) < 4.78 is 24.7. The van der Waals surface area contributed by atoms with E-state index in [4.69, 9.17) is 15.2 Å². The first kappa shape index (κ1) is 19.6. The zero-order chi connectivity index (χ0) is 19.7. The fourth-order valence-corrected chi connectivity index (χ4v) is 5.61. The average Bonchev–Trinajstić information content (AvgIpc) is 3.28. The molecule has 0 spiro atoms. The van der Waals surface area contributed by atoms with E-state index in [1.165, 1.54) is 13.2 Å². The number of likely N-dealkylation sites (tertiary alicyclic amines) is 1. The number of hydrogen-bond donors (Lipinski definition) is 1. The molecular weight excluding hydrogens is 359 g/mol. The van der Waals surface area contributed by atoms with Gasteiger partial charge in [0.2, 0.25) is 0 Å². The summed E-state index contributed by atoms with van der Waals surface area (Å²) in [6, 6.07) is 6.98. The van der Waals surface area contributed by atoms with E-state index in [1.807, 2.05) is 11.0 Å². The number of ether oxygens (including phenoxy) is 2. The first-order chi connectivity index (χ1) is 13.6. The Balaban J connectivity index is 1.32. The summed E-state index contributed by atoms with van der Waals surface area (Å²) in [6.07, 6.45) is 6.99. The Bertz CT molecular complexity index is 692. The number of rotatable bonds is 4. The summed E-state index contributed by atoms with van der Waals surface area (Å²) in [5, 5.41) is 0. The van der Waals surface area contributed by atoms with Crippen molar-refractivity contribution in [2.24, 2.45) is 11.7 Å². The zero-order valence-electron chi connectivity index (χ0n) is 16.6. The van der Waals surface area contributed by atoms with Gasteiger partial charge in [-0.15, -0.1) is 0 Å². The van der Waals surface area contributed by atoms with Crippen LogP contribution in [-0.2, 0) is 9.47 Å². The predicted molar refractivity (Wildman–Crippen MR) is 104 cm³/mol. The molecule has 2 aliphatic carbocycles. The molecule has 154 valence electrons. The van der Waals surface area contributed by atoms with Gasteiger partial charge < -0.3 is 15.2 Å². The topological polar surface area (TPSA) is 64.8 Å². The second-order valence-corrected chi connectivity index (χ2v) is 8.55. The van der Waals surface area contributed by atoms with Crippen molar-refractivity contribution in [3.63, 3.8) is 0 Å². The monoisotopic (exact) mass is 390 g/mol. The Labute approximate surface area is 166 Å². The molecule has 5 nitrogen and oxygen atoms in total. The van der Waals surface area contributed by atoms with Crippen LogP contribution in [-0.4, -0.2) is 48.9 Å². The number of methoxy groups -OCH3 is 1. The molecule has 0 unspecified atom stereocenters. The van der Waals surface area contributed by atoms with Gasteiger partial charge in [-0.05, 0) is 68.1 Å². The molecule has 1 aromatic carbocycles. The second-order valence-electron chi connectivity index (χ2n) is 8.55. The molecule has 6 heteroatoms. The fourth-order valence-electron chi connectivity index (χ4n) is 5.61. The lowest BCUT2D eigenvalue weighted by atomic mass is 9.82. The average molecular weight is 390 g/mol. The first-order valence-electron chi connectivity index (χ1n) is 10.6. The van der Waals surface area contributed by atoms with Crippen LogP contribution in [0.15, 0.2) is 24.3 Å². The SMILES string of the molecule is COC(=O)N1[C@@H]2CCC[C@@H]2[C@H](N)[C@@H]1CO[C@H]1CC[C@@H](c2cccc(F)c2)CC1. The van der Waals surface area contributed by atoms with E-state index in [-0.39, 0.29) is 36.1 Å². The molecule has 3 aliphatic rings. The number of amides is 1. The lowest BCUT2D eigenvalue weighted by Crippen LogP contribution is -2.48. The van der Waals surface area contributed by atoms with Gasteiger partial charge in [-0.3, -0.25) is 4.90 Å². The second kappa shape index (κ2) is 8.37. The van der Waals surface area contributed by atoms with Gasteiger partial charge in [0.25, 0.3) is 0 Å². The minimum Gasteiger partial charge on any atom is -0.453 e. The van der Waals surface area contributed by atoms with Gasteiger partial charge in [0.15, 0.2) is 0 Å². The predicted octanol–water partition coefficient (Wildman–Crippen LogP) is 3.82. The maximum Gasteiger partial charge on any atom is 0.410 e. The van der Waals surface area contributed by atoms with Crippen molar-refractivity contribution in [1.29, 1.82) is 0 Å². The first-order valence-corrected chi connectivity index (χ1v) is 10.6. The van der Waals surface area contributed by atoms with Crippen molar-refractivity contribution in [1.82, 2.24) is 4.90 Å². The third-order valence-corrected chi connectivity index (χ3v) is 7.07. The molecule has 0 radical (unpaired) electrons. The normalized spacial score (nSPS) is 35.0. The number of nitrogens with two attached hydrogens (primary N) is 1. The van der Waals surface area contributed by atoms with Crippen LogP contribution in [0.1, 0.15) is 56.4 Å². The van der Waals surface area contributed by atoms with Gasteiger partial charge >= 0.3 is 6.09 Å². The van der Waals surface area contributed by atoms with E-state index in [9.17, 15) is 9.18 Å². The molecule has 1 amide bonds. The maximum atomic E-state index is 13.5. The van der Waals surface area contributed by atoms with Crippen LogP contribution < -0.4 is 5.73 Å². The van der Waals surface area contributed by atoms with Crippen LogP contribution >= 0.6 is 0 Å². The Kier molecular flexibility index (Phi) is 5.88. The van der Waals surface area contributed by atoms with Crippen LogP contribution in [0.5, 0.6) is 0 Å². The molecule has 1 heterocycles. The van der Waals surface area contributed by atoms with Crippen LogP contribution in [0.3, 0.4) is 0 Å². The van der Waals surface area contributed by atoms with Crippen molar-refractivity contribution in [2.45, 2.75) is 75.1 Å². The molecule has 4 rings (SSSR count). The van der Waals surface area contributed by atoms with Crippen LogP contribution in [0.4, 0.5) is 9.18 Å². The van der Waals surface area contributed by atoms with Gasteiger partial charge in [-0.2, -0.15) is 0 Å². The summed E-state index contributed by atoms with van der Waals surface area (Å²) in [5.41, 5.74) is 7.59.